The first-order valence-electron chi connectivity index (χ1n) is 5.36. The summed E-state index contributed by atoms with van der Waals surface area (Å²) in [5.74, 6) is -1.67. The lowest BCUT2D eigenvalue weighted by atomic mass is 9.96. The zero-order valence-electron chi connectivity index (χ0n) is 9.68. The van der Waals surface area contributed by atoms with E-state index < -0.39 is 11.7 Å². The average molecular weight is 259 g/mol. The van der Waals surface area contributed by atoms with E-state index in [4.69, 9.17) is 5.26 Å². The zero-order valence-corrected chi connectivity index (χ0v) is 10.5. The maximum atomic E-state index is 13.3. The number of hydrogen-bond donors (Lipinski definition) is 0. The first kappa shape index (κ1) is 12.5. The van der Waals surface area contributed by atoms with E-state index in [0.717, 1.165) is 0 Å². The fourth-order valence-corrected chi connectivity index (χ4v) is 2.52. The highest BCUT2D eigenvalue weighted by molar-refractivity contribution is 7.10. The van der Waals surface area contributed by atoms with Crippen LogP contribution in [0.3, 0.4) is 0 Å². The number of ketones is 1. The second-order valence-electron chi connectivity index (χ2n) is 3.96. The lowest BCUT2D eigenvalue weighted by Crippen LogP contribution is -2.10. The van der Waals surface area contributed by atoms with E-state index in [1.807, 2.05) is 11.4 Å². The second-order valence-corrected chi connectivity index (χ2v) is 4.94. The van der Waals surface area contributed by atoms with E-state index >= 15 is 0 Å². The molecule has 1 unspecified atom stereocenters. The molecule has 1 heterocycles. The number of Topliss-reactive ketones (excluding diaryl/α,β-unsaturated/α-hetero) is 1. The molecule has 0 aliphatic carbocycles. The number of nitrogens with zero attached hydrogens (tertiary/aromatic N) is 1. The Morgan fingerprint density at radius 2 is 2.22 bits per heavy atom. The van der Waals surface area contributed by atoms with Crippen molar-refractivity contribution in [1.82, 2.24) is 0 Å². The Morgan fingerprint density at radius 3 is 2.78 bits per heavy atom. The fraction of sp³-hybridized carbons (Fsp3) is 0.143. The molecule has 2 nitrogen and oxygen atoms in total. The Morgan fingerprint density at radius 1 is 1.44 bits per heavy atom. The van der Waals surface area contributed by atoms with Crippen LogP contribution in [0.25, 0.3) is 0 Å². The molecule has 0 aliphatic rings. The monoisotopic (exact) mass is 259 g/mol. The van der Waals surface area contributed by atoms with Crippen molar-refractivity contribution in [2.75, 3.05) is 0 Å². The van der Waals surface area contributed by atoms with Crippen LogP contribution in [0, 0.1) is 24.1 Å². The van der Waals surface area contributed by atoms with Crippen LogP contribution < -0.4 is 0 Å². The Kier molecular flexibility index (Phi) is 3.54. The summed E-state index contributed by atoms with van der Waals surface area (Å²) >= 11 is 1.35. The molecule has 2 aromatic rings. The van der Waals surface area contributed by atoms with Crippen LogP contribution in [0.5, 0.6) is 0 Å². The second kappa shape index (κ2) is 5.11. The molecule has 0 radical (unpaired) electrons. The van der Waals surface area contributed by atoms with Gasteiger partial charge in [-0.05, 0) is 42.1 Å². The molecule has 0 N–H and O–H groups in total. The third-order valence-corrected chi connectivity index (χ3v) is 3.48. The third-order valence-electron chi connectivity index (χ3n) is 2.55. The SMILES string of the molecule is Cc1cc(F)cc(C(=O)C(C#N)c2cccs2)c1. The molecule has 18 heavy (non-hydrogen) atoms. The summed E-state index contributed by atoms with van der Waals surface area (Å²) in [6.07, 6.45) is 0. The van der Waals surface area contributed by atoms with Gasteiger partial charge in [0.2, 0.25) is 0 Å². The lowest BCUT2D eigenvalue weighted by molar-refractivity contribution is 0.0979. The van der Waals surface area contributed by atoms with E-state index in [1.54, 1.807) is 25.1 Å². The van der Waals surface area contributed by atoms with Crippen LogP contribution in [0.1, 0.15) is 26.7 Å². The van der Waals surface area contributed by atoms with Crippen molar-refractivity contribution >= 4 is 17.1 Å². The largest absolute Gasteiger partial charge is 0.292 e. The number of aryl methyl sites for hydroxylation is 1. The van der Waals surface area contributed by atoms with Crippen LogP contribution in [-0.2, 0) is 0 Å². The van der Waals surface area contributed by atoms with Gasteiger partial charge in [0.05, 0.1) is 6.07 Å². The first-order valence-corrected chi connectivity index (χ1v) is 6.24. The van der Waals surface area contributed by atoms with E-state index in [1.165, 1.54) is 23.5 Å². The molecule has 0 amide bonds. The number of hydrogen-bond acceptors (Lipinski definition) is 3. The van der Waals surface area contributed by atoms with Gasteiger partial charge < -0.3 is 0 Å². The molecular formula is C14H10FNOS. The molecule has 0 bridgehead atoms. The smallest absolute Gasteiger partial charge is 0.185 e. The Labute approximate surface area is 108 Å². The van der Waals surface area contributed by atoms with Crippen LogP contribution in [0.2, 0.25) is 0 Å². The molecule has 1 aromatic heterocycles. The quantitative estimate of drug-likeness (QED) is 0.789. The third kappa shape index (κ3) is 2.47. The van der Waals surface area contributed by atoms with Crippen molar-refractivity contribution in [3.8, 4) is 6.07 Å². The Bertz CT molecular complexity index is 593. The van der Waals surface area contributed by atoms with Crippen molar-refractivity contribution in [3.63, 3.8) is 0 Å². The maximum absolute atomic E-state index is 13.3. The van der Waals surface area contributed by atoms with E-state index in [-0.39, 0.29) is 11.3 Å². The van der Waals surface area contributed by atoms with Gasteiger partial charge in [0, 0.05) is 10.4 Å². The first-order chi connectivity index (χ1) is 8.61. The van der Waals surface area contributed by atoms with Crippen molar-refractivity contribution < 1.29 is 9.18 Å². The van der Waals surface area contributed by atoms with Crippen molar-refractivity contribution in [3.05, 3.63) is 57.5 Å². The summed E-state index contributed by atoms with van der Waals surface area (Å²) in [6, 6.07) is 9.63. The van der Waals surface area contributed by atoms with Crippen molar-refractivity contribution in [2.24, 2.45) is 0 Å². The average Bonchev–Trinajstić information content (AvgIpc) is 2.82. The lowest BCUT2D eigenvalue weighted by Gasteiger charge is -2.07. The van der Waals surface area contributed by atoms with Crippen LogP contribution in [0.4, 0.5) is 4.39 Å². The molecule has 2 rings (SSSR count). The van der Waals surface area contributed by atoms with Gasteiger partial charge >= 0.3 is 0 Å². The van der Waals surface area contributed by atoms with E-state index in [0.29, 0.717) is 10.4 Å². The minimum atomic E-state index is -0.855. The number of nitriles is 1. The summed E-state index contributed by atoms with van der Waals surface area (Å²) in [4.78, 5) is 12.9. The van der Waals surface area contributed by atoms with Gasteiger partial charge in [0.15, 0.2) is 5.78 Å². The molecule has 0 aliphatic heterocycles. The number of carbonyl (C=O) groups is 1. The van der Waals surface area contributed by atoms with Crippen LogP contribution in [0.15, 0.2) is 35.7 Å². The molecule has 0 saturated heterocycles. The summed E-state index contributed by atoms with van der Waals surface area (Å²) in [6.45, 7) is 1.71. The maximum Gasteiger partial charge on any atom is 0.185 e. The highest BCUT2D eigenvalue weighted by Crippen LogP contribution is 2.25. The number of thiophene rings is 1. The van der Waals surface area contributed by atoms with Gasteiger partial charge in [-0.2, -0.15) is 5.26 Å². The van der Waals surface area contributed by atoms with Gasteiger partial charge in [-0.3, -0.25) is 4.79 Å². The standard InChI is InChI=1S/C14H10FNOS/c1-9-5-10(7-11(15)6-9)14(17)12(8-16)13-3-2-4-18-13/h2-7,12H,1H3. The highest BCUT2D eigenvalue weighted by atomic mass is 32.1. The number of benzene rings is 1. The van der Waals surface area contributed by atoms with Gasteiger partial charge in [-0.1, -0.05) is 6.07 Å². The zero-order chi connectivity index (χ0) is 13.1. The van der Waals surface area contributed by atoms with Gasteiger partial charge in [0.25, 0.3) is 0 Å². The minimum Gasteiger partial charge on any atom is -0.292 e. The van der Waals surface area contributed by atoms with Gasteiger partial charge in [-0.15, -0.1) is 11.3 Å². The van der Waals surface area contributed by atoms with Crippen LogP contribution in [-0.4, -0.2) is 5.78 Å². The molecule has 0 saturated carbocycles. The molecule has 4 heteroatoms. The van der Waals surface area contributed by atoms with Crippen molar-refractivity contribution in [1.29, 1.82) is 5.26 Å². The summed E-state index contributed by atoms with van der Waals surface area (Å²) < 4.78 is 13.3. The molecule has 0 fully saturated rings. The number of halogens is 1. The molecule has 0 spiro atoms. The van der Waals surface area contributed by atoms with E-state index in [2.05, 4.69) is 0 Å². The Balaban J connectivity index is 2.39. The van der Waals surface area contributed by atoms with Crippen LogP contribution >= 0.6 is 11.3 Å². The molecule has 1 atom stereocenters. The topological polar surface area (TPSA) is 40.9 Å². The van der Waals surface area contributed by atoms with Gasteiger partial charge in [-0.25, -0.2) is 4.39 Å². The summed E-state index contributed by atoms with van der Waals surface area (Å²) in [5, 5.41) is 10.9. The number of carbonyl (C=O) groups excluding carboxylic acids is 1. The molecular weight excluding hydrogens is 249 g/mol. The normalized spacial score (nSPS) is 11.8. The molecule has 90 valence electrons. The Hall–Kier alpha value is -1.99. The molecule has 1 aromatic carbocycles. The minimum absolute atomic E-state index is 0.243. The fourth-order valence-electron chi connectivity index (χ4n) is 1.75. The van der Waals surface area contributed by atoms with Gasteiger partial charge in [0.1, 0.15) is 11.7 Å². The predicted molar refractivity (Wildman–Crippen MR) is 68.1 cm³/mol. The van der Waals surface area contributed by atoms with E-state index in [9.17, 15) is 9.18 Å². The highest BCUT2D eigenvalue weighted by Gasteiger charge is 2.23. The number of rotatable bonds is 3. The summed E-state index contributed by atoms with van der Waals surface area (Å²) in [5.41, 5.74) is 0.911. The summed E-state index contributed by atoms with van der Waals surface area (Å²) in [7, 11) is 0. The van der Waals surface area contributed by atoms with Crippen molar-refractivity contribution in [2.45, 2.75) is 12.8 Å². The predicted octanol–water partition coefficient (Wildman–Crippen LogP) is 3.69.